The van der Waals surface area contributed by atoms with Crippen LogP contribution in [0, 0.1) is 5.82 Å². The Bertz CT molecular complexity index is 391. The molecular weight excluding hydrogens is 255 g/mol. The minimum atomic E-state index is -2.54. The Morgan fingerprint density at radius 2 is 1.95 bits per heavy atom. The first kappa shape index (κ1) is 16.0. The summed E-state index contributed by atoms with van der Waals surface area (Å²) >= 11 is 0. The van der Waals surface area contributed by atoms with Crippen LogP contribution in [0.3, 0.4) is 0 Å². The zero-order chi connectivity index (χ0) is 14.5. The normalized spacial score (nSPS) is 13.8. The van der Waals surface area contributed by atoms with Gasteiger partial charge in [-0.05, 0) is 38.5 Å². The Labute approximate surface area is 112 Å². The zero-order valence-corrected chi connectivity index (χ0v) is 11.4. The van der Waals surface area contributed by atoms with Gasteiger partial charge in [-0.1, -0.05) is 12.1 Å². The molecule has 0 amide bonds. The minimum Gasteiger partial charge on any atom is -0.366 e. The lowest BCUT2D eigenvalue weighted by Crippen LogP contribution is -2.39. The van der Waals surface area contributed by atoms with Crippen LogP contribution < -0.4 is 5.32 Å². The molecule has 0 radical (unpaired) electrons. The van der Waals surface area contributed by atoms with E-state index in [1.165, 1.54) is 12.1 Å². The molecule has 1 aromatic rings. The molecule has 1 atom stereocenters. The van der Waals surface area contributed by atoms with Crippen molar-refractivity contribution < 1.29 is 17.9 Å². The van der Waals surface area contributed by atoms with Crippen LogP contribution in [0.15, 0.2) is 24.3 Å². The summed E-state index contributed by atoms with van der Waals surface area (Å²) < 4.78 is 42.8. The molecule has 2 nitrogen and oxygen atoms in total. The van der Waals surface area contributed by atoms with Crippen LogP contribution in [0.25, 0.3) is 0 Å². The maximum Gasteiger partial charge on any atom is 0.261 e. The predicted molar refractivity (Wildman–Crippen MR) is 68.9 cm³/mol. The zero-order valence-electron chi connectivity index (χ0n) is 11.4. The van der Waals surface area contributed by atoms with Gasteiger partial charge in [0, 0.05) is 12.1 Å². The second-order valence-corrected chi connectivity index (χ2v) is 5.40. The van der Waals surface area contributed by atoms with E-state index in [1.54, 1.807) is 12.1 Å². The highest BCUT2D eigenvalue weighted by atomic mass is 19.3. The third kappa shape index (κ3) is 6.59. The average Bonchev–Trinajstić information content (AvgIpc) is 2.27. The molecule has 0 saturated carbocycles. The van der Waals surface area contributed by atoms with E-state index >= 15 is 0 Å². The summed E-state index contributed by atoms with van der Waals surface area (Å²) in [7, 11) is 0. The fraction of sp³-hybridized carbons (Fsp3) is 0.571. The summed E-state index contributed by atoms with van der Waals surface area (Å²) in [5.41, 5.74) is 0.386. The number of hydrogen-bond donors (Lipinski definition) is 1. The first-order chi connectivity index (χ1) is 8.78. The molecule has 1 unspecified atom stereocenters. The summed E-state index contributed by atoms with van der Waals surface area (Å²) in [5.74, 6) is -0.404. The van der Waals surface area contributed by atoms with E-state index in [2.05, 4.69) is 5.32 Å². The Morgan fingerprint density at radius 1 is 1.26 bits per heavy atom. The standard InChI is InChI=1S/C14H20F3NO/c1-14(2,3)18-8-12(19-9-13(16)17)10-5-4-6-11(15)7-10/h4-7,12-13,18H,8-9H2,1-3H3. The smallest absolute Gasteiger partial charge is 0.261 e. The van der Waals surface area contributed by atoms with E-state index in [0.29, 0.717) is 12.1 Å². The number of halogens is 3. The predicted octanol–water partition coefficient (Wildman–Crippen LogP) is 3.54. The second-order valence-electron chi connectivity index (χ2n) is 5.40. The van der Waals surface area contributed by atoms with E-state index in [0.717, 1.165) is 0 Å². The lowest BCUT2D eigenvalue weighted by atomic mass is 10.1. The Hall–Kier alpha value is -1.07. The van der Waals surface area contributed by atoms with E-state index in [1.807, 2.05) is 20.8 Å². The van der Waals surface area contributed by atoms with Crippen molar-refractivity contribution >= 4 is 0 Å². The van der Waals surface area contributed by atoms with Crippen molar-refractivity contribution in [3.05, 3.63) is 35.6 Å². The van der Waals surface area contributed by atoms with E-state index in [9.17, 15) is 13.2 Å². The fourth-order valence-corrected chi connectivity index (χ4v) is 1.57. The molecule has 1 rings (SSSR count). The van der Waals surface area contributed by atoms with Gasteiger partial charge in [0.2, 0.25) is 0 Å². The van der Waals surface area contributed by atoms with Crippen molar-refractivity contribution in [2.24, 2.45) is 0 Å². The summed E-state index contributed by atoms with van der Waals surface area (Å²) in [6, 6.07) is 5.83. The molecule has 0 bridgehead atoms. The monoisotopic (exact) mass is 275 g/mol. The maximum atomic E-state index is 13.2. The van der Waals surface area contributed by atoms with Crippen molar-refractivity contribution in [3.63, 3.8) is 0 Å². The number of ether oxygens (including phenoxy) is 1. The SMILES string of the molecule is CC(C)(C)NCC(OCC(F)F)c1cccc(F)c1. The molecule has 0 aliphatic rings. The molecule has 0 fully saturated rings. The van der Waals surface area contributed by atoms with Gasteiger partial charge in [-0.25, -0.2) is 13.2 Å². The van der Waals surface area contributed by atoms with Crippen molar-refractivity contribution in [1.82, 2.24) is 5.32 Å². The van der Waals surface area contributed by atoms with Gasteiger partial charge in [0.25, 0.3) is 6.43 Å². The van der Waals surface area contributed by atoms with Crippen LogP contribution >= 0.6 is 0 Å². The highest BCUT2D eigenvalue weighted by Crippen LogP contribution is 2.19. The molecular formula is C14H20F3NO. The number of alkyl halides is 2. The van der Waals surface area contributed by atoms with E-state index < -0.39 is 25.0 Å². The van der Waals surface area contributed by atoms with Crippen LogP contribution in [-0.2, 0) is 4.74 Å². The third-order valence-corrected chi connectivity index (χ3v) is 2.46. The van der Waals surface area contributed by atoms with Crippen LogP contribution in [0.1, 0.15) is 32.4 Å². The van der Waals surface area contributed by atoms with E-state index in [4.69, 9.17) is 4.74 Å². The van der Waals surface area contributed by atoms with Crippen LogP contribution in [0.4, 0.5) is 13.2 Å². The summed E-state index contributed by atoms with van der Waals surface area (Å²) in [6.07, 6.45) is -3.13. The number of hydrogen-bond acceptors (Lipinski definition) is 2. The van der Waals surface area contributed by atoms with Gasteiger partial charge in [-0.3, -0.25) is 0 Å². The summed E-state index contributed by atoms with van der Waals surface area (Å²) in [6.45, 7) is 5.57. The van der Waals surface area contributed by atoms with Crippen molar-refractivity contribution in [3.8, 4) is 0 Å². The highest BCUT2D eigenvalue weighted by Gasteiger charge is 2.18. The van der Waals surface area contributed by atoms with Gasteiger partial charge >= 0.3 is 0 Å². The first-order valence-corrected chi connectivity index (χ1v) is 6.18. The summed E-state index contributed by atoms with van der Waals surface area (Å²) in [4.78, 5) is 0. The molecule has 1 N–H and O–H groups in total. The van der Waals surface area contributed by atoms with Crippen molar-refractivity contribution in [2.45, 2.75) is 38.8 Å². The molecule has 0 saturated heterocycles. The molecule has 0 aliphatic carbocycles. The number of rotatable bonds is 6. The topological polar surface area (TPSA) is 21.3 Å². The van der Waals surface area contributed by atoms with E-state index in [-0.39, 0.29) is 5.54 Å². The molecule has 1 aromatic carbocycles. The van der Waals surface area contributed by atoms with Crippen LogP contribution in [0.2, 0.25) is 0 Å². The van der Waals surface area contributed by atoms with Crippen LogP contribution in [0.5, 0.6) is 0 Å². The summed E-state index contributed by atoms with van der Waals surface area (Å²) in [5, 5.41) is 3.17. The number of nitrogens with one attached hydrogen (secondary N) is 1. The van der Waals surface area contributed by atoms with Crippen LogP contribution in [-0.4, -0.2) is 25.1 Å². The lowest BCUT2D eigenvalue weighted by Gasteiger charge is -2.25. The molecule has 0 aliphatic heterocycles. The van der Waals surface area contributed by atoms with Gasteiger partial charge in [-0.15, -0.1) is 0 Å². The molecule has 0 spiro atoms. The minimum absolute atomic E-state index is 0.167. The van der Waals surface area contributed by atoms with Crippen molar-refractivity contribution in [2.75, 3.05) is 13.2 Å². The fourth-order valence-electron chi connectivity index (χ4n) is 1.57. The van der Waals surface area contributed by atoms with Crippen molar-refractivity contribution in [1.29, 1.82) is 0 Å². The van der Waals surface area contributed by atoms with Gasteiger partial charge in [0.15, 0.2) is 0 Å². The molecule has 19 heavy (non-hydrogen) atoms. The number of benzene rings is 1. The quantitative estimate of drug-likeness (QED) is 0.857. The maximum absolute atomic E-state index is 13.2. The average molecular weight is 275 g/mol. The largest absolute Gasteiger partial charge is 0.366 e. The Morgan fingerprint density at radius 3 is 2.47 bits per heavy atom. The Kier molecular flexibility index (Phi) is 5.82. The second kappa shape index (κ2) is 6.91. The highest BCUT2D eigenvalue weighted by molar-refractivity contribution is 5.19. The Balaban J connectivity index is 2.73. The van der Waals surface area contributed by atoms with Gasteiger partial charge in [0.05, 0.1) is 6.10 Å². The molecule has 108 valence electrons. The van der Waals surface area contributed by atoms with Gasteiger partial charge in [0.1, 0.15) is 12.4 Å². The molecule has 5 heteroatoms. The lowest BCUT2D eigenvalue weighted by molar-refractivity contribution is -0.0264. The molecule has 0 aromatic heterocycles. The van der Waals surface area contributed by atoms with Gasteiger partial charge in [-0.2, -0.15) is 0 Å². The van der Waals surface area contributed by atoms with Gasteiger partial charge < -0.3 is 10.1 Å². The third-order valence-electron chi connectivity index (χ3n) is 2.46. The first-order valence-electron chi connectivity index (χ1n) is 6.18. The molecule has 0 heterocycles.